The van der Waals surface area contributed by atoms with Crippen LogP contribution >= 0.6 is 0 Å². The third kappa shape index (κ3) is 1.79. The molecule has 0 bridgehead atoms. The van der Waals surface area contributed by atoms with E-state index in [9.17, 15) is 4.79 Å². The van der Waals surface area contributed by atoms with Crippen molar-refractivity contribution >= 4 is 5.97 Å². The van der Waals surface area contributed by atoms with Crippen molar-refractivity contribution in [3.63, 3.8) is 0 Å². The first kappa shape index (κ1) is 10.3. The fraction of sp³-hybridized carbons (Fsp3) is 0.333. The minimum atomic E-state index is -0.598. The number of hydrogen-bond donors (Lipinski definition) is 0. The molecule has 0 aromatic carbocycles. The standard InChI is InChI=1S/C9H10N4O3/c1-3-15-9(14)7-11-8(16-12-7)6-4-5-10-13(6)2/h4-5H,3H2,1-2H3. The van der Waals surface area contributed by atoms with Crippen molar-refractivity contribution in [2.75, 3.05) is 6.61 Å². The average molecular weight is 222 g/mol. The van der Waals surface area contributed by atoms with Gasteiger partial charge in [0.1, 0.15) is 5.69 Å². The summed E-state index contributed by atoms with van der Waals surface area (Å²) < 4.78 is 11.2. The predicted molar refractivity (Wildman–Crippen MR) is 52.5 cm³/mol. The molecular weight excluding hydrogens is 212 g/mol. The second kappa shape index (κ2) is 4.13. The number of aromatic nitrogens is 4. The van der Waals surface area contributed by atoms with E-state index in [2.05, 4.69) is 15.2 Å². The zero-order valence-corrected chi connectivity index (χ0v) is 8.88. The van der Waals surface area contributed by atoms with Crippen molar-refractivity contribution in [2.45, 2.75) is 6.92 Å². The van der Waals surface area contributed by atoms with Crippen LogP contribution in [0.15, 0.2) is 16.8 Å². The summed E-state index contributed by atoms with van der Waals surface area (Å²) >= 11 is 0. The highest BCUT2D eigenvalue weighted by Crippen LogP contribution is 2.15. The Hall–Kier alpha value is -2.18. The van der Waals surface area contributed by atoms with Gasteiger partial charge in [-0.3, -0.25) is 4.68 Å². The van der Waals surface area contributed by atoms with E-state index in [0.29, 0.717) is 5.69 Å². The number of rotatable bonds is 3. The highest BCUT2D eigenvalue weighted by Gasteiger charge is 2.17. The Bertz CT molecular complexity index is 502. The maximum atomic E-state index is 11.3. The zero-order chi connectivity index (χ0) is 11.5. The van der Waals surface area contributed by atoms with E-state index in [1.807, 2.05) is 0 Å². The molecule has 7 heteroatoms. The Balaban J connectivity index is 2.26. The molecule has 0 radical (unpaired) electrons. The summed E-state index contributed by atoms with van der Waals surface area (Å²) in [6, 6.07) is 1.71. The number of carbonyl (C=O) groups is 1. The number of ether oxygens (including phenoxy) is 1. The molecule has 0 atom stereocenters. The number of hydrogen-bond acceptors (Lipinski definition) is 6. The Morgan fingerprint density at radius 1 is 1.62 bits per heavy atom. The molecule has 2 aromatic rings. The lowest BCUT2D eigenvalue weighted by atomic mass is 10.4. The third-order valence-electron chi connectivity index (χ3n) is 1.92. The van der Waals surface area contributed by atoms with Gasteiger partial charge in [-0.25, -0.2) is 4.79 Å². The van der Waals surface area contributed by atoms with E-state index in [0.717, 1.165) is 0 Å². The molecule has 0 saturated carbocycles. The normalized spacial score (nSPS) is 10.4. The Morgan fingerprint density at radius 2 is 2.44 bits per heavy atom. The smallest absolute Gasteiger partial charge is 0.379 e. The van der Waals surface area contributed by atoms with Crippen LogP contribution in [0, 0.1) is 0 Å². The first-order valence-electron chi connectivity index (χ1n) is 4.71. The van der Waals surface area contributed by atoms with Crippen LogP contribution in [0.2, 0.25) is 0 Å². The first-order valence-corrected chi connectivity index (χ1v) is 4.71. The minimum absolute atomic E-state index is 0.0851. The van der Waals surface area contributed by atoms with Crippen molar-refractivity contribution < 1.29 is 14.1 Å². The lowest BCUT2D eigenvalue weighted by molar-refractivity contribution is 0.0508. The largest absolute Gasteiger partial charge is 0.460 e. The number of carbonyl (C=O) groups excluding carboxylic acids is 1. The lowest BCUT2D eigenvalue weighted by Crippen LogP contribution is -2.06. The summed E-state index contributed by atoms with van der Waals surface area (Å²) in [7, 11) is 1.74. The molecule has 2 heterocycles. The van der Waals surface area contributed by atoms with Gasteiger partial charge in [0.15, 0.2) is 0 Å². The van der Waals surface area contributed by atoms with Crippen molar-refractivity contribution in [1.29, 1.82) is 0 Å². The van der Waals surface area contributed by atoms with Crippen LogP contribution in [0.3, 0.4) is 0 Å². The molecule has 0 aliphatic carbocycles. The van der Waals surface area contributed by atoms with Gasteiger partial charge in [-0.2, -0.15) is 10.1 Å². The SMILES string of the molecule is CCOC(=O)c1noc(-c2ccnn2C)n1. The van der Waals surface area contributed by atoms with E-state index in [-0.39, 0.29) is 18.3 Å². The van der Waals surface area contributed by atoms with Gasteiger partial charge >= 0.3 is 5.97 Å². The monoisotopic (exact) mass is 222 g/mol. The second-order valence-electron chi connectivity index (χ2n) is 2.98. The minimum Gasteiger partial charge on any atom is -0.460 e. The summed E-state index contributed by atoms with van der Waals surface area (Å²) in [4.78, 5) is 15.2. The highest BCUT2D eigenvalue weighted by molar-refractivity contribution is 5.85. The number of nitrogens with zero attached hydrogens (tertiary/aromatic N) is 4. The van der Waals surface area contributed by atoms with E-state index in [1.165, 1.54) is 0 Å². The summed E-state index contributed by atoms with van der Waals surface area (Å²) in [5, 5.41) is 7.49. The lowest BCUT2D eigenvalue weighted by Gasteiger charge is -1.94. The van der Waals surface area contributed by atoms with Crippen LogP contribution in [0.4, 0.5) is 0 Å². The van der Waals surface area contributed by atoms with Gasteiger partial charge in [0.05, 0.1) is 6.61 Å². The Kier molecular flexibility index (Phi) is 2.67. The van der Waals surface area contributed by atoms with Crippen molar-refractivity contribution in [3.8, 4) is 11.6 Å². The van der Waals surface area contributed by atoms with Gasteiger partial charge in [0.2, 0.25) is 0 Å². The molecule has 2 aromatic heterocycles. The first-order chi connectivity index (χ1) is 7.72. The predicted octanol–water partition coefficient (Wildman–Crippen LogP) is 0.647. The second-order valence-corrected chi connectivity index (χ2v) is 2.98. The van der Waals surface area contributed by atoms with Gasteiger partial charge in [-0.15, -0.1) is 0 Å². The van der Waals surface area contributed by atoms with Crippen LogP contribution in [0.25, 0.3) is 11.6 Å². The van der Waals surface area contributed by atoms with Gasteiger partial charge < -0.3 is 9.26 Å². The van der Waals surface area contributed by atoms with E-state index < -0.39 is 5.97 Å². The van der Waals surface area contributed by atoms with Crippen LogP contribution in [0.1, 0.15) is 17.5 Å². The fourth-order valence-electron chi connectivity index (χ4n) is 1.19. The summed E-state index contributed by atoms with van der Waals surface area (Å²) in [5.41, 5.74) is 0.642. The van der Waals surface area contributed by atoms with Gasteiger partial charge in [-0.1, -0.05) is 0 Å². The maximum absolute atomic E-state index is 11.3. The topological polar surface area (TPSA) is 83.0 Å². The van der Waals surface area contributed by atoms with Crippen molar-refractivity contribution in [2.24, 2.45) is 7.05 Å². The highest BCUT2D eigenvalue weighted by atomic mass is 16.5. The fourth-order valence-corrected chi connectivity index (χ4v) is 1.19. The van der Waals surface area contributed by atoms with Crippen LogP contribution in [0.5, 0.6) is 0 Å². The van der Waals surface area contributed by atoms with Gasteiger partial charge in [0, 0.05) is 13.2 Å². The van der Waals surface area contributed by atoms with E-state index in [1.54, 1.807) is 30.9 Å². The molecule has 84 valence electrons. The molecule has 2 rings (SSSR count). The van der Waals surface area contributed by atoms with Gasteiger partial charge in [0.25, 0.3) is 11.7 Å². The van der Waals surface area contributed by atoms with E-state index >= 15 is 0 Å². The van der Waals surface area contributed by atoms with Crippen molar-refractivity contribution in [1.82, 2.24) is 19.9 Å². The molecule has 0 aliphatic heterocycles. The van der Waals surface area contributed by atoms with Crippen LogP contribution in [-0.4, -0.2) is 32.5 Å². The molecule has 0 spiro atoms. The van der Waals surface area contributed by atoms with Crippen molar-refractivity contribution in [3.05, 3.63) is 18.1 Å². The Morgan fingerprint density at radius 3 is 3.06 bits per heavy atom. The Labute approximate surface area is 91.0 Å². The van der Waals surface area contributed by atoms with E-state index in [4.69, 9.17) is 9.26 Å². The molecule has 7 nitrogen and oxygen atoms in total. The molecule has 0 saturated heterocycles. The average Bonchev–Trinajstić information content (AvgIpc) is 2.86. The maximum Gasteiger partial charge on any atom is 0.379 e. The van der Waals surface area contributed by atoms with Gasteiger partial charge in [-0.05, 0) is 18.1 Å². The molecule has 16 heavy (non-hydrogen) atoms. The quantitative estimate of drug-likeness (QED) is 0.709. The molecule has 0 unspecified atom stereocenters. The molecular formula is C9H10N4O3. The number of esters is 1. The molecule has 0 N–H and O–H groups in total. The molecule has 0 amide bonds. The zero-order valence-electron chi connectivity index (χ0n) is 8.88. The summed E-state index contributed by atoms with van der Waals surface area (Å²) in [6.07, 6.45) is 1.60. The summed E-state index contributed by atoms with van der Waals surface area (Å²) in [5.74, 6) is -0.444. The molecule has 0 fully saturated rings. The van der Waals surface area contributed by atoms with Crippen LogP contribution < -0.4 is 0 Å². The number of aryl methyl sites for hydroxylation is 1. The summed E-state index contributed by atoms with van der Waals surface area (Å²) in [6.45, 7) is 1.98. The third-order valence-corrected chi connectivity index (χ3v) is 1.92. The van der Waals surface area contributed by atoms with Crippen LogP contribution in [-0.2, 0) is 11.8 Å². The molecule has 0 aliphatic rings.